The lowest BCUT2D eigenvalue weighted by atomic mass is 10.1. The molecule has 0 saturated carbocycles. The number of rotatable bonds is 7. The molecule has 2 aromatic rings. The van der Waals surface area contributed by atoms with Gasteiger partial charge in [-0.15, -0.1) is 0 Å². The van der Waals surface area contributed by atoms with Crippen LogP contribution in [0.4, 0.5) is 5.95 Å². The van der Waals surface area contributed by atoms with Gasteiger partial charge in [0.05, 0.1) is 25.6 Å². The molecule has 0 aliphatic carbocycles. The molecule has 8 heteroatoms. The fourth-order valence-corrected chi connectivity index (χ4v) is 2.21. The van der Waals surface area contributed by atoms with Gasteiger partial charge in [0.2, 0.25) is 11.8 Å². The Balaban J connectivity index is 2.36. The van der Waals surface area contributed by atoms with Crippen molar-refractivity contribution >= 4 is 17.1 Å². The highest BCUT2D eigenvalue weighted by atomic mass is 16.5. The summed E-state index contributed by atoms with van der Waals surface area (Å²) in [5, 5.41) is 9.23. The van der Waals surface area contributed by atoms with Crippen LogP contribution in [0.5, 0.6) is 5.88 Å². The number of ether oxygens (including phenoxy) is 2. The summed E-state index contributed by atoms with van der Waals surface area (Å²) in [6.07, 6.45) is 2.07. The number of anilines is 1. The maximum absolute atomic E-state index is 9.23. The number of hydrogen-bond acceptors (Lipinski definition) is 7. The first-order valence-corrected chi connectivity index (χ1v) is 6.87. The molecule has 2 atom stereocenters. The fraction of sp³-hybridized carbons (Fsp3) is 0.615. The van der Waals surface area contributed by atoms with E-state index in [4.69, 9.17) is 15.2 Å². The summed E-state index contributed by atoms with van der Waals surface area (Å²) in [4.78, 5) is 12.6. The molecule has 3 N–H and O–H groups in total. The first-order chi connectivity index (χ1) is 10.1. The summed E-state index contributed by atoms with van der Waals surface area (Å²) < 4.78 is 12.5. The molecule has 2 heterocycles. The van der Waals surface area contributed by atoms with E-state index in [1.807, 2.05) is 18.4 Å². The molecule has 0 aromatic carbocycles. The van der Waals surface area contributed by atoms with Crippen molar-refractivity contribution in [2.24, 2.45) is 0 Å². The minimum Gasteiger partial charge on any atom is -0.476 e. The Labute approximate surface area is 122 Å². The number of aliphatic hydroxyl groups is 1. The third-order valence-electron chi connectivity index (χ3n) is 3.30. The second-order valence-electron chi connectivity index (χ2n) is 4.77. The first kappa shape index (κ1) is 15.5. The van der Waals surface area contributed by atoms with Crippen LogP contribution in [0, 0.1) is 0 Å². The molecule has 0 amide bonds. The summed E-state index contributed by atoms with van der Waals surface area (Å²) in [6, 6.07) is 0.0378. The number of aromatic nitrogens is 4. The molecule has 2 unspecified atom stereocenters. The van der Waals surface area contributed by atoms with Crippen molar-refractivity contribution < 1.29 is 14.6 Å². The average Bonchev–Trinajstić information content (AvgIpc) is 2.88. The van der Waals surface area contributed by atoms with E-state index in [-0.39, 0.29) is 24.7 Å². The van der Waals surface area contributed by atoms with Gasteiger partial charge in [-0.1, -0.05) is 0 Å². The number of fused-ring (bicyclic) bond motifs is 1. The Morgan fingerprint density at radius 1 is 1.43 bits per heavy atom. The van der Waals surface area contributed by atoms with Gasteiger partial charge in [0, 0.05) is 13.2 Å². The van der Waals surface area contributed by atoms with E-state index in [0.717, 1.165) is 0 Å². The maximum Gasteiger partial charge on any atom is 0.247 e. The molecule has 0 fully saturated rings. The van der Waals surface area contributed by atoms with Gasteiger partial charge in [0.15, 0.2) is 11.2 Å². The van der Waals surface area contributed by atoms with Crippen LogP contribution in [0.25, 0.3) is 11.2 Å². The van der Waals surface area contributed by atoms with Gasteiger partial charge in [0.25, 0.3) is 0 Å². The molecule has 8 nitrogen and oxygen atoms in total. The fourth-order valence-electron chi connectivity index (χ4n) is 2.21. The first-order valence-electron chi connectivity index (χ1n) is 6.87. The quantitative estimate of drug-likeness (QED) is 0.776. The third-order valence-corrected chi connectivity index (χ3v) is 3.30. The molecular formula is C13H21N5O3. The summed E-state index contributed by atoms with van der Waals surface area (Å²) >= 11 is 0. The van der Waals surface area contributed by atoms with E-state index in [9.17, 15) is 5.11 Å². The molecule has 2 aromatic heterocycles. The number of nitrogen functional groups attached to an aromatic ring is 1. The molecule has 0 bridgehead atoms. The molecule has 0 spiro atoms. The van der Waals surface area contributed by atoms with Gasteiger partial charge in [0.1, 0.15) is 0 Å². The summed E-state index contributed by atoms with van der Waals surface area (Å²) in [5.74, 6) is 0.529. The van der Waals surface area contributed by atoms with Gasteiger partial charge < -0.3 is 24.9 Å². The zero-order valence-electron chi connectivity index (χ0n) is 12.5. The topological polar surface area (TPSA) is 108 Å². The van der Waals surface area contributed by atoms with Crippen molar-refractivity contribution in [2.75, 3.05) is 26.1 Å². The van der Waals surface area contributed by atoms with Crippen LogP contribution in [0.15, 0.2) is 6.33 Å². The highest BCUT2D eigenvalue weighted by Crippen LogP contribution is 2.26. The predicted molar refractivity (Wildman–Crippen MR) is 78.1 cm³/mol. The minimum absolute atomic E-state index is 0.0329. The van der Waals surface area contributed by atoms with Crippen LogP contribution in [-0.4, -0.2) is 51.1 Å². The summed E-state index contributed by atoms with van der Waals surface area (Å²) in [7, 11) is 1.58. The SMILES string of the molecule is CCOc1nc(N)nc2c1ncn2C(C)CC(CO)OC. The van der Waals surface area contributed by atoms with Crippen molar-refractivity contribution in [3.8, 4) is 5.88 Å². The average molecular weight is 295 g/mol. The highest BCUT2D eigenvalue weighted by Gasteiger charge is 2.19. The van der Waals surface area contributed by atoms with Crippen LogP contribution >= 0.6 is 0 Å². The molecule has 0 aliphatic rings. The second-order valence-corrected chi connectivity index (χ2v) is 4.77. The lowest BCUT2D eigenvalue weighted by Crippen LogP contribution is -2.20. The largest absolute Gasteiger partial charge is 0.476 e. The Morgan fingerprint density at radius 3 is 2.81 bits per heavy atom. The van der Waals surface area contributed by atoms with Gasteiger partial charge in [-0.05, 0) is 20.3 Å². The van der Waals surface area contributed by atoms with Gasteiger partial charge in [-0.3, -0.25) is 0 Å². The molecule has 0 saturated heterocycles. The Morgan fingerprint density at radius 2 is 2.19 bits per heavy atom. The Bertz CT molecular complexity index is 597. The lowest BCUT2D eigenvalue weighted by Gasteiger charge is -2.19. The molecule has 0 radical (unpaired) electrons. The van der Waals surface area contributed by atoms with Crippen molar-refractivity contribution in [3.05, 3.63) is 6.33 Å². The van der Waals surface area contributed by atoms with E-state index in [0.29, 0.717) is 30.1 Å². The molecule has 21 heavy (non-hydrogen) atoms. The number of hydrogen-bond donors (Lipinski definition) is 2. The van der Waals surface area contributed by atoms with E-state index in [1.54, 1.807) is 13.4 Å². The van der Waals surface area contributed by atoms with E-state index >= 15 is 0 Å². The van der Waals surface area contributed by atoms with E-state index < -0.39 is 0 Å². The summed E-state index contributed by atoms with van der Waals surface area (Å²) in [5.41, 5.74) is 6.93. The zero-order valence-corrected chi connectivity index (χ0v) is 12.5. The monoisotopic (exact) mass is 295 g/mol. The molecule has 0 aliphatic heterocycles. The number of methoxy groups -OCH3 is 1. The van der Waals surface area contributed by atoms with Gasteiger partial charge in [-0.2, -0.15) is 9.97 Å². The van der Waals surface area contributed by atoms with Crippen LogP contribution in [-0.2, 0) is 4.74 Å². The summed E-state index contributed by atoms with van der Waals surface area (Å²) in [6.45, 7) is 4.31. The smallest absolute Gasteiger partial charge is 0.247 e. The second kappa shape index (κ2) is 6.68. The van der Waals surface area contributed by atoms with Crippen LogP contribution in [0.2, 0.25) is 0 Å². The van der Waals surface area contributed by atoms with E-state index in [1.165, 1.54) is 0 Å². The van der Waals surface area contributed by atoms with Crippen LogP contribution < -0.4 is 10.5 Å². The van der Waals surface area contributed by atoms with Crippen LogP contribution in [0.1, 0.15) is 26.3 Å². The Hall–Kier alpha value is -1.93. The third kappa shape index (κ3) is 3.22. The predicted octanol–water partition coefficient (Wildman–Crippen LogP) is 0.766. The number of nitrogens with two attached hydrogens (primary N) is 1. The normalized spacial score (nSPS) is 14.3. The van der Waals surface area contributed by atoms with Crippen molar-refractivity contribution in [1.29, 1.82) is 0 Å². The minimum atomic E-state index is -0.233. The Kier molecular flexibility index (Phi) is 4.92. The standard InChI is InChI=1S/C13H21N5O3/c1-4-21-12-10-11(16-13(14)17-12)18(7-15-10)8(2)5-9(6-19)20-3/h7-9,19H,4-6H2,1-3H3,(H2,14,16,17). The lowest BCUT2D eigenvalue weighted by molar-refractivity contribution is 0.0348. The van der Waals surface area contributed by atoms with Gasteiger partial charge >= 0.3 is 0 Å². The van der Waals surface area contributed by atoms with Gasteiger partial charge in [-0.25, -0.2) is 4.98 Å². The number of aliphatic hydroxyl groups excluding tert-OH is 1. The molecular weight excluding hydrogens is 274 g/mol. The highest BCUT2D eigenvalue weighted by molar-refractivity contribution is 5.77. The van der Waals surface area contributed by atoms with Crippen molar-refractivity contribution in [1.82, 2.24) is 19.5 Å². The number of imidazole rings is 1. The molecule has 2 rings (SSSR count). The maximum atomic E-state index is 9.23. The zero-order chi connectivity index (χ0) is 15.4. The van der Waals surface area contributed by atoms with Crippen molar-refractivity contribution in [3.63, 3.8) is 0 Å². The van der Waals surface area contributed by atoms with E-state index in [2.05, 4.69) is 15.0 Å². The van der Waals surface area contributed by atoms with Crippen LogP contribution in [0.3, 0.4) is 0 Å². The van der Waals surface area contributed by atoms with Crippen molar-refractivity contribution in [2.45, 2.75) is 32.4 Å². The number of nitrogens with zero attached hydrogens (tertiary/aromatic N) is 4. The molecule has 116 valence electrons.